The number of benzene rings is 1. The average Bonchev–Trinajstić information content (AvgIpc) is 3.20. The summed E-state index contributed by atoms with van der Waals surface area (Å²) in [7, 11) is 0. The number of hydrogen-bond donors (Lipinski definition) is 9. The number of halogens is 1. The van der Waals surface area contributed by atoms with Crippen molar-refractivity contribution in [3.8, 4) is 0 Å². The molecule has 0 aromatic heterocycles. The van der Waals surface area contributed by atoms with E-state index in [0.29, 0.717) is 54.2 Å². The van der Waals surface area contributed by atoms with Gasteiger partial charge in [0.05, 0.1) is 18.9 Å². The third-order valence-electron chi connectivity index (χ3n) is 9.84. The number of unbranched alkanes of at least 4 members (excludes halogenated alkanes) is 4. The third kappa shape index (κ3) is 14.3. The minimum atomic E-state index is -2.66. The van der Waals surface area contributed by atoms with E-state index in [2.05, 4.69) is 21.3 Å². The van der Waals surface area contributed by atoms with Crippen molar-refractivity contribution < 1.29 is 68.9 Å². The maximum Gasteiger partial charge on any atom is 0.353 e. The third-order valence-corrected chi connectivity index (χ3v) is 10.2. The van der Waals surface area contributed by atoms with Crippen LogP contribution >= 0.6 is 11.6 Å². The summed E-state index contributed by atoms with van der Waals surface area (Å²) < 4.78 is 0. The fraction of sp³-hybridized carbons (Fsp3) is 0.553. The summed E-state index contributed by atoms with van der Waals surface area (Å²) in [6, 6.07) is 5.16. The molecule has 4 atom stereocenters. The largest absolute Gasteiger partial charge is 0.479 e. The molecule has 2 heterocycles. The normalized spacial score (nSPS) is 17.2. The predicted molar refractivity (Wildman–Crippen MR) is 207 cm³/mol. The highest BCUT2D eigenvalue weighted by Crippen LogP contribution is 2.38. The Kier molecular flexibility index (Phi) is 18.9. The van der Waals surface area contributed by atoms with E-state index in [1.807, 2.05) is 0 Å². The van der Waals surface area contributed by atoms with Gasteiger partial charge in [-0.1, -0.05) is 41.9 Å². The lowest BCUT2D eigenvalue weighted by molar-refractivity contribution is -0.166. The summed E-state index contributed by atoms with van der Waals surface area (Å²) in [5.41, 5.74) is -2.62. The number of carboxylic acids is 2. The number of nitrogens with zero attached hydrogens (tertiary/aromatic N) is 3. The quantitative estimate of drug-likeness (QED) is 0.0276. The topological polar surface area (TPSA) is 313 Å². The van der Waals surface area contributed by atoms with Crippen molar-refractivity contribution in [1.82, 2.24) is 36.3 Å². The van der Waals surface area contributed by atoms with Gasteiger partial charge in [0.1, 0.15) is 17.8 Å². The Morgan fingerprint density at radius 1 is 0.833 bits per heavy atom. The Hall–Kier alpha value is -5.64. The first-order chi connectivity index (χ1) is 28.4. The van der Waals surface area contributed by atoms with Crippen LogP contribution in [0, 0.1) is 0 Å². The molecule has 1 fully saturated rings. The number of carbonyl (C=O) groups is 9. The van der Waals surface area contributed by atoms with E-state index in [-0.39, 0.29) is 49.7 Å². The molecule has 1 unspecified atom stereocenters. The number of hydroxylamine groups is 4. The first kappa shape index (κ1) is 48.7. The van der Waals surface area contributed by atoms with Gasteiger partial charge in [-0.2, -0.15) is 0 Å². The van der Waals surface area contributed by atoms with Crippen LogP contribution in [-0.4, -0.2) is 138 Å². The summed E-state index contributed by atoms with van der Waals surface area (Å²) >= 11 is 6.04. The first-order valence-electron chi connectivity index (χ1n) is 19.4. The molecule has 330 valence electrons. The Labute approximate surface area is 350 Å². The number of amides is 7. The van der Waals surface area contributed by atoms with Crippen LogP contribution in [-0.2, 0) is 43.2 Å². The smallest absolute Gasteiger partial charge is 0.353 e. The number of rotatable bonds is 25. The molecule has 0 aliphatic carbocycles. The van der Waals surface area contributed by atoms with Crippen LogP contribution in [0.1, 0.15) is 95.6 Å². The number of β-lactam (4-membered cyclic amide) rings is 1. The minimum Gasteiger partial charge on any atom is -0.479 e. The summed E-state index contributed by atoms with van der Waals surface area (Å²) in [5.74, 6) is -8.11. The number of carboxylic acid groups (broad SMARTS) is 2. The van der Waals surface area contributed by atoms with Gasteiger partial charge in [-0.3, -0.25) is 48.9 Å². The molecule has 22 heteroatoms. The molecule has 1 saturated heterocycles. The summed E-state index contributed by atoms with van der Waals surface area (Å²) in [6.07, 6.45) is 0.442. The van der Waals surface area contributed by atoms with Crippen LogP contribution in [0.2, 0.25) is 0 Å². The van der Waals surface area contributed by atoms with Crippen molar-refractivity contribution in [3.63, 3.8) is 0 Å². The molecule has 3 rings (SSSR count). The molecule has 0 bridgehead atoms. The lowest BCUT2D eigenvalue weighted by atomic mass is 9.86. The van der Waals surface area contributed by atoms with Gasteiger partial charge < -0.3 is 36.6 Å². The average molecular weight is 866 g/mol. The predicted octanol–water partition coefficient (Wildman–Crippen LogP) is 0.273. The van der Waals surface area contributed by atoms with Gasteiger partial charge in [-0.05, 0) is 56.9 Å². The molecule has 1 aromatic rings. The van der Waals surface area contributed by atoms with Crippen molar-refractivity contribution >= 4 is 64.9 Å². The molecule has 2 aliphatic rings. The van der Waals surface area contributed by atoms with Crippen molar-refractivity contribution in [2.75, 3.05) is 26.2 Å². The van der Waals surface area contributed by atoms with Crippen LogP contribution in [0.5, 0.6) is 0 Å². The van der Waals surface area contributed by atoms with E-state index in [1.165, 1.54) is 6.92 Å². The van der Waals surface area contributed by atoms with E-state index < -0.39 is 103 Å². The Balaban J connectivity index is 1.35. The highest BCUT2D eigenvalue weighted by atomic mass is 35.5. The Bertz CT molecular complexity index is 1800. The molecule has 21 nitrogen and oxygen atoms in total. The van der Waals surface area contributed by atoms with Crippen LogP contribution < -0.4 is 21.3 Å². The van der Waals surface area contributed by atoms with Gasteiger partial charge in [0.2, 0.25) is 35.4 Å². The van der Waals surface area contributed by atoms with Crippen molar-refractivity contribution in [3.05, 3.63) is 46.6 Å². The Morgan fingerprint density at radius 2 is 1.40 bits per heavy atom. The number of allylic oxidation sites excluding steroid dienone is 1. The molecule has 9 N–H and O–H groups in total. The number of carbonyl (C=O) groups excluding carboxylic acids is 7. The molecule has 2 aliphatic heterocycles. The van der Waals surface area contributed by atoms with E-state index in [0.717, 1.165) is 4.90 Å². The number of nitrogens with one attached hydrogen (secondary N) is 4. The van der Waals surface area contributed by atoms with Crippen LogP contribution in [0.3, 0.4) is 0 Å². The standard InChI is InChI=1S/C38H52ClN7O14/c1-23(47)44(59)19-9-3-7-17-40-28(49)21-38(58,37(56)57)22-29(50)41-18-8-4-10-20-45(60)30(51)16-15-27(48)42-31(24-11-5-2-6-12-24)34(52)43-32-26-14-13-25(39)33(36(54)55)46(26)35(32)53/h2,5-6,11-12,26,31-32,58-60H,3-4,7-10,13-22H2,1H3,(H,40,49)(H,41,50)(H,42,48)(H,43,52)(H,54,55)(H,56,57)/t26-,31-,32+,38?/m1/s1. The van der Waals surface area contributed by atoms with Crippen LogP contribution in [0.4, 0.5) is 0 Å². The van der Waals surface area contributed by atoms with Crippen molar-refractivity contribution in [2.24, 2.45) is 0 Å². The van der Waals surface area contributed by atoms with E-state index in [1.54, 1.807) is 30.3 Å². The summed E-state index contributed by atoms with van der Waals surface area (Å²) in [6.45, 7) is 1.42. The maximum atomic E-state index is 13.4. The van der Waals surface area contributed by atoms with Crippen molar-refractivity contribution in [2.45, 2.75) is 108 Å². The first-order valence-corrected chi connectivity index (χ1v) is 19.8. The molecule has 1 aromatic carbocycles. The molecular formula is C38H52ClN7O14. The number of aliphatic carboxylic acids is 2. The fourth-order valence-corrected chi connectivity index (χ4v) is 6.80. The lowest BCUT2D eigenvalue weighted by Crippen LogP contribution is -2.72. The number of aliphatic hydroxyl groups is 1. The zero-order valence-electron chi connectivity index (χ0n) is 33.1. The second-order valence-electron chi connectivity index (χ2n) is 14.4. The van der Waals surface area contributed by atoms with Gasteiger partial charge >= 0.3 is 11.9 Å². The molecule has 60 heavy (non-hydrogen) atoms. The molecule has 7 amide bonds. The summed E-state index contributed by atoms with van der Waals surface area (Å²) in [4.78, 5) is 112. The van der Waals surface area contributed by atoms with Gasteiger partial charge in [-0.15, -0.1) is 0 Å². The van der Waals surface area contributed by atoms with Gasteiger partial charge in [0, 0.05) is 51.0 Å². The highest BCUT2D eigenvalue weighted by molar-refractivity contribution is 6.32. The zero-order chi connectivity index (χ0) is 44.6. The highest BCUT2D eigenvalue weighted by Gasteiger charge is 2.53. The van der Waals surface area contributed by atoms with E-state index >= 15 is 0 Å². The summed E-state index contributed by atoms with van der Waals surface area (Å²) in [5, 5.41) is 60.2. The number of hydrogen-bond acceptors (Lipinski definition) is 12. The second-order valence-corrected chi connectivity index (χ2v) is 14.9. The zero-order valence-corrected chi connectivity index (χ0v) is 33.8. The minimum absolute atomic E-state index is 0.0305. The maximum absolute atomic E-state index is 13.4. The molecule has 0 spiro atoms. The van der Waals surface area contributed by atoms with E-state index in [9.17, 15) is 68.9 Å². The van der Waals surface area contributed by atoms with Gasteiger partial charge in [-0.25, -0.2) is 19.7 Å². The number of fused-ring (bicyclic) bond motifs is 1. The molecule has 0 saturated carbocycles. The fourth-order valence-electron chi connectivity index (χ4n) is 6.52. The lowest BCUT2D eigenvalue weighted by Gasteiger charge is -2.49. The SMILES string of the molecule is CC(=O)N(O)CCCCCNC(=O)CC(O)(CC(=O)NCCCCCN(O)C(=O)CCC(=O)N[C@@H](C(=O)N[C@@H]1C(=O)N2C(C(=O)O)=C(Cl)CC[C@H]12)c1ccccc1)C(=O)O. The molecule has 0 radical (unpaired) electrons. The van der Waals surface area contributed by atoms with E-state index in [4.69, 9.17) is 11.6 Å². The monoisotopic (exact) mass is 865 g/mol. The Morgan fingerprint density at radius 3 is 1.93 bits per heavy atom. The molecular weight excluding hydrogens is 814 g/mol. The second kappa shape index (κ2) is 23.2. The van der Waals surface area contributed by atoms with Gasteiger partial charge in [0.25, 0.3) is 5.91 Å². The van der Waals surface area contributed by atoms with Crippen molar-refractivity contribution in [1.29, 1.82) is 0 Å². The van der Waals surface area contributed by atoms with Crippen LogP contribution in [0.15, 0.2) is 41.1 Å². The van der Waals surface area contributed by atoms with Gasteiger partial charge in [0.15, 0.2) is 5.60 Å². The van der Waals surface area contributed by atoms with Crippen LogP contribution in [0.25, 0.3) is 0 Å².